The van der Waals surface area contributed by atoms with Gasteiger partial charge in [0.05, 0.1) is 31.9 Å². The molecule has 0 aliphatic carbocycles. The molecule has 0 unspecified atom stereocenters. The molecule has 6 heteroatoms. The number of aliphatic carboxylic acids is 1. The van der Waals surface area contributed by atoms with Crippen LogP contribution in [0.2, 0.25) is 0 Å². The van der Waals surface area contributed by atoms with Crippen molar-refractivity contribution in [2.45, 2.75) is 19.9 Å². The normalized spacial score (nSPS) is 10.4. The third-order valence-corrected chi connectivity index (χ3v) is 1.58. The van der Waals surface area contributed by atoms with Crippen LogP contribution in [0, 0.1) is 6.92 Å². The van der Waals surface area contributed by atoms with Gasteiger partial charge in [0.15, 0.2) is 0 Å². The van der Waals surface area contributed by atoms with Gasteiger partial charge in [0.2, 0.25) is 0 Å². The summed E-state index contributed by atoms with van der Waals surface area (Å²) in [7, 11) is 0. The van der Waals surface area contributed by atoms with Crippen LogP contribution in [0.4, 0.5) is 0 Å². The maximum atomic E-state index is 10.1. The smallest absolute Gasteiger partial charge is 0.305 e. The van der Waals surface area contributed by atoms with Crippen molar-refractivity contribution >= 4 is 5.97 Å². The summed E-state index contributed by atoms with van der Waals surface area (Å²) in [5.41, 5.74) is 0.857. The molecule has 0 saturated carbocycles. The molecule has 1 aromatic rings. The van der Waals surface area contributed by atoms with Crippen molar-refractivity contribution < 1.29 is 14.6 Å². The molecular formula is C8H13N3O3. The molecule has 0 atom stereocenters. The molecule has 14 heavy (non-hydrogen) atoms. The van der Waals surface area contributed by atoms with Gasteiger partial charge >= 0.3 is 5.97 Å². The number of aryl methyl sites for hydroxylation is 1. The Labute approximate surface area is 81.5 Å². The van der Waals surface area contributed by atoms with Crippen LogP contribution in [0.1, 0.15) is 12.1 Å². The molecule has 0 aliphatic heterocycles. The van der Waals surface area contributed by atoms with Crippen LogP contribution in [-0.4, -0.2) is 39.3 Å². The monoisotopic (exact) mass is 199 g/mol. The summed E-state index contributed by atoms with van der Waals surface area (Å²) >= 11 is 0. The molecule has 0 aliphatic rings. The molecule has 0 radical (unpaired) electrons. The SMILES string of the molecule is Cc1cn(CCOCCC(=O)O)nn1. The van der Waals surface area contributed by atoms with E-state index in [0.29, 0.717) is 13.2 Å². The first kappa shape index (κ1) is 10.6. The predicted molar refractivity (Wildman–Crippen MR) is 47.8 cm³/mol. The molecule has 0 spiro atoms. The van der Waals surface area contributed by atoms with E-state index in [1.807, 2.05) is 6.92 Å². The number of rotatable bonds is 6. The second kappa shape index (κ2) is 5.33. The van der Waals surface area contributed by atoms with E-state index < -0.39 is 5.97 Å². The highest BCUT2D eigenvalue weighted by Gasteiger charge is 1.97. The van der Waals surface area contributed by atoms with E-state index in [1.54, 1.807) is 10.9 Å². The minimum Gasteiger partial charge on any atom is -0.481 e. The Morgan fingerprint density at radius 2 is 2.43 bits per heavy atom. The highest BCUT2D eigenvalue weighted by molar-refractivity contribution is 5.66. The summed E-state index contributed by atoms with van der Waals surface area (Å²) in [5.74, 6) is -0.846. The zero-order valence-electron chi connectivity index (χ0n) is 8.01. The molecule has 0 aromatic carbocycles. The summed E-state index contributed by atoms with van der Waals surface area (Å²) < 4.78 is 6.75. The van der Waals surface area contributed by atoms with Crippen molar-refractivity contribution in [2.24, 2.45) is 0 Å². The van der Waals surface area contributed by atoms with Crippen LogP contribution < -0.4 is 0 Å². The molecular weight excluding hydrogens is 186 g/mol. The Morgan fingerprint density at radius 1 is 1.64 bits per heavy atom. The van der Waals surface area contributed by atoms with E-state index in [1.165, 1.54) is 0 Å². The molecule has 0 saturated heterocycles. The van der Waals surface area contributed by atoms with Crippen molar-refractivity contribution in [1.82, 2.24) is 15.0 Å². The first-order valence-corrected chi connectivity index (χ1v) is 4.35. The largest absolute Gasteiger partial charge is 0.481 e. The van der Waals surface area contributed by atoms with Gasteiger partial charge in [-0.05, 0) is 6.92 Å². The number of hydrogen-bond donors (Lipinski definition) is 1. The summed E-state index contributed by atoms with van der Waals surface area (Å²) in [6.07, 6.45) is 1.84. The fraction of sp³-hybridized carbons (Fsp3) is 0.625. The Kier molecular flexibility index (Phi) is 4.06. The topological polar surface area (TPSA) is 77.2 Å². The predicted octanol–water partition coefficient (Wildman–Crippen LogP) is 0.0778. The van der Waals surface area contributed by atoms with E-state index in [0.717, 1.165) is 5.69 Å². The third kappa shape index (κ3) is 3.99. The summed E-state index contributed by atoms with van der Waals surface area (Å²) in [4.78, 5) is 10.1. The standard InChI is InChI=1S/C8H13N3O3/c1-7-6-11(10-9-7)3-5-14-4-2-8(12)13/h6H,2-5H2,1H3,(H,12,13). The fourth-order valence-corrected chi connectivity index (χ4v) is 0.924. The minimum absolute atomic E-state index is 0.0381. The zero-order valence-corrected chi connectivity index (χ0v) is 8.01. The van der Waals surface area contributed by atoms with Crippen LogP contribution in [0.5, 0.6) is 0 Å². The first-order chi connectivity index (χ1) is 6.68. The Bertz CT molecular complexity index is 298. The molecule has 6 nitrogen and oxygen atoms in total. The number of carbonyl (C=O) groups is 1. The summed E-state index contributed by atoms with van der Waals surface area (Å²) in [5, 5.41) is 16.0. The molecule has 1 rings (SSSR count). The van der Waals surface area contributed by atoms with Crippen molar-refractivity contribution in [3.63, 3.8) is 0 Å². The van der Waals surface area contributed by atoms with Gasteiger partial charge in [-0.2, -0.15) is 0 Å². The van der Waals surface area contributed by atoms with Gasteiger partial charge in [-0.3, -0.25) is 4.79 Å². The Balaban J connectivity index is 2.07. The van der Waals surface area contributed by atoms with Crippen LogP contribution in [0.3, 0.4) is 0 Å². The van der Waals surface area contributed by atoms with E-state index in [9.17, 15) is 4.79 Å². The van der Waals surface area contributed by atoms with Gasteiger partial charge in [0.1, 0.15) is 0 Å². The van der Waals surface area contributed by atoms with Crippen LogP contribution in [0.15, 0.2) is 6.20 Å². The van der Waals surface area contributed by atoms with Gasteiger partial charge < -0.3 is 9.84 Å². The molecule has 1 N–H and O–H groups in total. The fourth-order valence-electron chi connectivity index (χ4n) is 0.924. The third-order valence-electron chi connectivity index (χ3n) is 1.58. The first-order valence-electron chi connectivity index (χ1n) is 4.35. The number of hydrogen-bond acceptors (Lipinski definition) is 4. The maximum absolute atomic E-state index is 10.1. The van der Waals surface area contributed by atoms with Crippen molar-refractivity contribution in [2.75, 3.05) is 13.2 Å². The lowest BCUT2D eigenvalue weighted by molar-refractivity contribution is -0.138. The van der Waals surface area contributed by atoms with Gasteiger partial charge in [-0.1, -0.05) is 5.21 Å². The van der Waals surface area contributed by atoms with Crippen molar-refractivity contribution in [3.05, 3.63) is 11.9 Å². The molecule has 1 aromatic heterocycles. The lowest BCUT2D eigenvalue weighted by Crippen LogP contribution is -2.09. The lowest BCUT2D eigenvalue weighted by atomic mass is 10.5. The Hall–Kier alpha value is -1.43. The highest BCUT2D eigenvalue weighted by atomic mass is 16.5. The van der Waals surface area contributed by atoms with E-state index in [2.05, 4.69) is 10.3 Å². The average molecular weight is 199 g/mol. The number of carboxylic acid groups (broad SMARTS) is 1. The summed E-state index contributed by atoms with van der Waals surface area (Å²) in [6, 6.07) is 0. The minimum atomic E-state index is -0.846. The molecule has 0 fully saturated rings. The summed E-state index contributed by atoms with van der Waals surface area (Å²) in [6.45, 7) is 3.15. The lowest BCUT2D eigenvalue weighted by Gasteiger charge is -2.01. The quantitative estimate of drug-likeness (QED) is 0.656. The number of nitrogens with zero attached hydrogens (tertiary/aromatic N) is 3. The number of ether oxygens (including phenoxy) is 1. The van der Waals surface area contributed by atoms with Gasteiger partial charge in [-0.25, -0.2) is 4.68 Å². The van der Waals surface area contributed by atoms with E-state index in [-0.39, 0.29) is 13.0 Å². The van der Waals surface area contributed by atoms with Crippen molar-refractivity contribution in [1.29, 1.82) is 0 Å². The van der Waals surface area contributed by atoms with E-state index >= 15 is 0 Å². The second-order valence-corrected chi connectivity index (χ2v) is 2.88. The van der Waals surface area contributed by atoms with Crippen LogP contribution >= 0.6 is 0 Å². The molecule has 0 amide bonds. The van der Waals surface area contributed by atoms with Crippen LogP contribution in [0.25, 0.3) is 0 Å². The van der Waals surface area contributed by atoms with Gasteiger partial charge in [0, 0.05) is 6.20 Å². The Morgan fingerprint density at radius 3 is 3.00 bits per heavy atom. The molecule has 1 heterocycles. The van der Waals surface area contributed by atoms with Gasteiger partial charge in [-0.15, -0.1) is 5.10 Å². The van der Waals surface area contributed by atoms with Crippen molar-refractivity contribution in [3.8, 4) is 0 Å². The maximum Gasteiger partial charge on any atom is 0.305 e. The highest BCUT2D eigenvalue weighted by Crippen LogP contribution is 1.90. The number of aromatic nitrogens is 3. The zero-order chi connectivity index (χ0) is 10.4. The molecule has 78 valence electrons. The second-order valence-electron chi connectivity index (χ2n) is 2.88. The van der Waals surface area contributed by atoms with Gasteiger partial charge in [0.25, 0.3) is 0 Å². The van der Waals surface area contributed by atoms with Crippen LogP contribution in [-0.2, 0) is 16.1 Å². The average Bonchev–Trinajstić information content (AvgIpc) is 2.50. The number of carboxylic acids is 1. The van der Waals surface area contributed by atoms with E-state index in [4.69, 9.17) is 9.84 Å². The molecule has 0 bridgehead atoms.